The van der Waals surface area contributed by atoms with Crippen LogP contribution in [0.2, 0.25) is 0 Å². The molecule has 84 valence electrons. The Hall–Kier alpha value is 1.76. The van der Waals surface area contributed by atoms with Gasteiger partial charge in [0.25, 0.3) is 0 Å². The van der Waals surface area contributed by atoms with E-state index >= 15 is 0 Å². The normalized spacial score (nSPS) is 13.0. The Kier molecular flexibility index (Phi) is 7.30. The molecule has 0 saturated carbocycles. The summed E-state index contributed by atoms with van der Waals surface area (Å²) in [5.74, 6) is 0. The van der Waals surface area contributed by atoms with Crippen molar-refractivity contribution in [3.05, 3.63) is 0 Å². The molecular formula is C4H4Cl6O3P+. The van der Waals surface area contributed by atoms with Gasteiger partial charge in [0.2, 0.25) is 7.59 Å². The van der Waals surface area contributed by atoms with Gasteiger partial charge in [-0.05, 0) is 0 Å². The second kappa shape index (κ2) is 6.48. The average Bonchev–Trinajstić information content (AvgIpc) is 1.94. The summed E-state index contributed by atoms with van der Waals surface area (Å²) >= 11 is 31.9. The second-order valence-electron chi connectivity index (χ2n) is 2.00. The van der Waals surface area contributed by atoms with E-state index in [1.54, 1.807) is 0 Å². The third-order valence-corrected chi connectivity index (χ3v) is 2.00. The number of rotatable bonds is 4. The van der Waals surface area contributed by atoms with Crippen LogP contribution < -0.4 is 0 Å². The molecule has 0 fully saturated rings. The highest BCUT2D eigenvalue weighted by Crippen LogP contribution is 2.35. The Morgan fingerprint density at radius 3 is 1.36 bits per heavy atom. The molecule has 0 amide bonds. The van der Waals surface area contributed by atoms with Gasteiger partial charge in [0.05, 0.1) is 0 Å². The minimum Gasteiger partial charge on any atom is -0.115 e. The first-order valence-electron chi connectivity index (χ1n) is 2.97. The topological polar surface area (TPSA) is 35.5 Å². The molecule has 14 heavy (non-hydrogen) atoms. The monoisotopic (exact) mass is 341 g/mol. The molecule has 0 radical (unpaired) electrons. The van der Waals surface area contributed by atoms with Gasteiger partial charge in [-0.25, -0.2) is 0 Å². The summed E-state index contributed by atoms with van der Waals surface area (Å²) < 4.78 is 16.6. The van der Waals surface area contributed by atoms with Crippen LogP contribution in [0, 0.1) is 0 Å². The van der Waals surface area contributed by atoms with Crippen molar-refractivity contribution in [3.63, 3.8) is 0 Å². The molecule has 0 atom stereocenters. The Balaban J connectivity index is 3.68. The lowest BCUT2D eigenvalue weighted by molar-refractivity contribution is 0.232. The fourth-order valence-corrected chi connectivity index (χ4v) is 1.75. The van der Waals surface area contributed by atoms with E-state index in [0.29, 0.717) is 0 Å². The van der Waals surface area contributed by atoms with Gasteiger partial charge in [-0.2, -0.15) is 0 Å². The maximum atomic E-state index is 10.9. The summed E-state index contributed by atoms with van der Waals surface area (Å²) in [6.45, 7) is -0.764. The van der Waals surface area contributed by atoms with Crippen LogP contribution in [0.15, 0.2) is 0 Å². The first-order valence-corrected chi connectivity index (χ1v) is 6.33. The first-order chi connectivity index (χ1) is 6.10. The largest absolute Gasteiger partial charge is 0.697 e. The van der Waals surface area contributed by atoms with Gasteiger partial charge < -0.3 is 0 Å². The Bertz CT molecular complexity index is 178. The molecular weight excluding hydrogens is 340 g/mol. The molecule has 0 rings (SSSR count). The van der Waals surface area contributed by atoms with Crippen molar-refractivity contribution < 1.29 is 13.6 Å². The first kappa shape index (κ1) is 15.8. The smallest absolute Gasteiger partial charge is 0.115 e. The van der Waals surface area contributed by atoms with Gasteiger partial charge in [0.1, 0.15) is 0 Å². The molecule has 3 nitrogen and oxygen atoms in total. The molecule has 0 aliphatic carbocycles. The van der Waals surface area contributed by atoms with Gasteiger partial charge in [-0.15, -0.1) is 9.05 Å². The van der Waals surface area contributed by atoms with E-state index in [2.05, 4.69) is 9.05 Å². The van der Waals surface area contributed by atoms with E-state index in [0.717, 1.165) is 0 Å². The molecule has 0 aliphatic rings. The minimum atomic E-state index is -2.47. The standard InChI is InChI=1S/C4H4Cl6O3P/c5-3(6,7)1-12-14(11)13-2-4(8,9)10/h1-2H2/q+1. The average molecular weight is 344 g/mol. The van der Waals surface area contributed by atoms with E-state index in [9.17, 15) is 4.57 Å². The highest BCUT2D eigenvalue weighted by molar-refractivity contribution is 7.33. The fraction of sp³-hybridized carbons (Fsp3) is 1.00. The molecule has 10 heteroatoms. The summed E-state index contributed by atoms with van der Waals surface area (Å²) in [4.78, 5) is 0. The van der Waals surface area contributed by atoms with Crippen LogP contribution in [0.3, 0.4) is 0 Å². The van der Waals surface area contributed by atoms with Crippen molar-refractivity contribution in [1.82, 2.24) is 0 Å². The van der Waals surface area contributed by atoms with Crippen molar-refractivity contribution in [2.24, 2.45) is 0 Å². The summed E-state index contributed by atoms with van der Waals surface area (Å²) in [6.07, 6.45) is 0. The summed E-state index contributed by atoms with van der Waals surface area (Å²) in [7, 11) is -2.47. The molecule has 0 aliphatic heterocycles. The number of hydrogen-bond acceptors (Lipinski definition) is 3. The van der Waals surface area contributed by atoms with Crippen LogP contribution in [0.25, 0.3) is 0 Å². The van der Waals surface area contributed by atoms with Crippen LogP contribution in [-0.2, 0) is 13.6 Å². The molecule has 0 spiro atoms. The Morgan fingerprint density at radius 1 is 0.857 bits per heavy atom. The van der Waals surface area contributed by atoms with Crippen LogP contribution in [0.1, 0.15) is 0 Å². The maximum absolute atomic E-state index is 10.9. The molecule has 0 bridgehead atoms. The third kappa shape index (κ3) is 11.8. The predicted octanol–water partition coefficient (Wildman–Crippen LogP) is 4.42. The SMILES string of the molecule is O=[P+](OCC(Cl)(Cl)Cl)OCC(Cl)(Cl)Cl. The number of halogens is 6. The highest BCUT2D eigenvalue weighted by atomic mass is 35.6. The lowest BCUT2D eigenvalue weighted by Gasteiger charge is -2.05. The molecule has 0 saturated heterocycles. The van der Waals surface area contributed by atoms with Crippen LogP contribution >= 0.6 is 77.9 Å². The van der Waals surface area contributed by atoms with E-state index in [1.807, 2.05) is 0 Å². The Labute approximate surface area is 112 Å². The van der Waals surface area contributed by atoms with Crippen molar-refractivity contribution in [2.45, 2.75) is 7.59 Å². The van der Waals surface area contributed by atoms with Gasteiger partial charge in [0.15, 0.2) is 13.2 Å². The van der Waals surface area contributed by atoms with Crippen LogP contribution in [0.4, 0.5) is 0 Å². The van der Waals surface area contributed by atoms with Crippen molar-refractivity contribution in [2.75, 3.05) is 13.2 Å². The van der Waals surface area contributed by atoms with Crippen LogP contribution in [0.5, 0.6) is 0 Å². The quantitative estimate of drug-likeness (QED) is 0.560. The molecule has 0 aromatic carbocycles. The van der Waals surface area contributed by atoms with E-state index in [1.165, 1.54) is 0 Å². The van der Waals surface area contributed by atoms with Gasteiger partial charge >= 0.3 is 8.25 Å². The van der Waals surface area contributed by atoms with Crippen molar-refractivity contribution >= 4 is 77.9 Å². The second-order valence-corrected chi connectivity index (χ2v) is 8.00. The summed E-state index contributed by atoms with van der Waals surface area (Å²) in [5.41, 5.74) is 0. The summed E-state index contributed by atoms with van der Waals surface area (Å²) in [6, 6.07) is 0. The Morgan fingerprint density at radius 2 is 1.14 bits per heavy atom. The zero-order valence-corrected chi connectivity index (χ0v) is 11.8. The zero-order valence-electron chi connectivity index (χ0n) is 6.35. The molecule has 0 aromatic heterocycles. The lowest BCUT2D eigenvalue weighted by atomic mass is 10.9. The number of hydrogen-bond donors (Lipinski definition) is 0. The van der Waals surface area contributed by atoms with Crippen molar-refractivity contribution in [1.29, 1.82) is 0 Å². The third-order valence-electron chi connectivity index (χ3n) is 0.667. The fourth-order valence-electron chi connectivity index (χ4n) is 0.289. The minimum absolute atomic E-state index is 0.382. The highest BCUT2D eigenvalue weighted by Gasteiger charge is 2.33. The van der Waals surface area contributed by atoms with Gasteiger partial charge in [-0.1, -0.05) is 69.6 Å². The zero-order chi connectivity index (χ0) is 11.4. The van der Waals surface area contributed by atoms with E-state index in [-0.39, 0.29) is 13.2 Å². The van der Waals surface area contributed by atoms with Gasteiger partial charge in [-0.3, -0.25) is 0 Å². The maximum Gasteiger partial charge on any atom is 0.697 e. The summed E-state index contributed by atoms with van der Waals surface area (Å²) in [5, 5.41) is 0. The molecule has 0 unspecified atom stereocenters. The molecule has 0 heterocycles. The van der Waals surface area contributed by atoms with E-state index < -0.39 is 15.8 Å². The van der Waals surface area contributed by atoms with Crippen LogP contribution in [-0.4, -0.2) is 20.8 Å². The molecule has 0 aromatic rings. The lowest BCUT2D eigenvalue weighted by Crippen LogP contribution is -2.12. The van der Waals surface area contributed by atoms with Gasteiger partial charge in [0, 0.05) is 4.57 Å². The predicted molar refractivity (Wildman–Crippen MR) is 60.1 cm³/mol. The van der Waals surface area contributed by atoms with E-state index in [4.69, 9.17) is 69.6 Å². The molecule has 0 N–H and O–H groups in total. The number of alkyl halides is 6. The van der Waals surface area contributed by atoms with Crippen molar-refractivity contribution in [3.8, 4) is 0 Å².